The van der Waals surface area contributed by atoms with Crippen molar-refractivity contribution in [3.63, 3.8) is 0 Å². The Kier molecular flexibility index (Phi) is 6.47. The van der Waals surface area contributed by atoms with Crippen LogP contribution in [0.3, 0.4) is 0 Å². The van der Waals surface area contributed by atoms with Crippen molar-refractivity contribution >= 4 is 28.7 Å². The predicted molar refractivity (Wildman–Crippen MR) is 145 cm³/mol. The lowest BCUT2D eigenvalue weighted by atomic mass is 10.0. The Balaban J connectivity index is 1.55. The number of aliphatic hydroxyl groups is 1. The third-order valence-electron chi connectivity index (χ3n) is 6.23. The Morgan fingerprint density at radius 2 is 1.95 bits per heavy atom. The van der Waals surface area contributed by atoms with Gasteiger partial charge in [-0.25, -0.2) is 9.50 Å². The lowest BCUT2D eigenvalue weighted by Crippen LogP contribution is -2.29. The van der Waals surface area contributed by atoms with Crippen LogP contribution in [0, 0.1) is 6.92 Å². The zero-order valence-electron chi connectivity index (χ0n) is 21.5. The Morgan fingerprint density at radius 1 is 1.16 bits per heavy atom. The highest BCUT2D eigenvalue weighted by Gasteiger charge is 2.24. The van der Waals surface area contributed by atoms with E-state index in [9.17, 15) is 9.90 Å². The van der Waals surface area contributed by atoms with E-state index in [4.69, 9.17) is 9.84 Å². The van der Waals surface area contributed by atoms with Crippen LogP contribution in [0.15, 0.2) is 54.7 Å². The first-order chi connectivity index (χ1) is 17.7. The smallest absolute Gasteiger partial charge is 0.251 e. The van der Waals surface area contributed by atoms with Gasteiger partial charge in [-0.2, -0.15) is 0 Å². The second-order valence-electron chi connectivity index (χ2n) is 10.1. The van der Waals surface area contributed by atoms with E-state index in [2.05, 4.69) is 20.9 Å². The maximum Gasteiger partial charge on any atom is 0.251 e. The van der Waals surface area contributed by atoms with Gasteiger partial charge >= 0.3 is 0 Å². The molecule has 0 atom stereocenters. The number of aromatic nitrogens is 3. The van der Waals surface area contributed by atoms with Crippen molar-refractivity contribution in [2.75, 3.05) is 24.3 Å². The van der Waals surface area contributed by atoms with Gasteiger partial charge in [-0.05, 0) is 63.4 Å². The number of aryl methyl sites for hydroxylation is 1. The first kappa shape index (κ1) is 24.6. The Labute approximate surface area is 215 Å². The molecular formula is C28H32N6O3. The molecule has 4 aromatic rings. The van der Waals surface area contributed by atoms with Crippen molar-refractivity contribution in [3.05, 3.63) is 65.9 Å². The number of carbonyl (C=O) groups is 1. The van der Waals surface area contributed by atoms with Crippen LogP contribution in [0.25, 0.3) is 16.9 Å². The van der Waals surface area contributed by atoms with Crippen LogP contribution in [0.5, 0.6) is 5.75 Å². The predicted octanol–water partition coefficient (Wildman–Crippen LogP) is 4.53. The van der Waals surface area contributed by atoms with E-state index in [-0.39, 0.29) is 5.91 Å². The monoisotopic (exact) mass is 500 g/mol. The number of methoxy groups -OCH3 is 1. The largest absolute Gasteiger partial charge is 0.495 e. The molecule has 0 saturated heterocycles. The van der Waals surface area contributed by atoms with Crippen molar-refractivity contribution in [1.29, 1.82) is 0 Å². The minimum atomic E-state index is -0.917. The van der Waals surface area contributed by atoms with Crippen molar-refractivity contribution in [2.24, 2.45) is 0 Å². The third kappa shape index (κ3) is 5.51. The van der Waals surface area contributed by atoms with Crippen molar-refractivity contribution in [3.8, 4) is 17.0 Å². The molecule has 0 aliphatic heterocycles. The van der Waals surface area contributed by atoms with Crippen molar-refractivity contribution in [1.82, 2.24) is 19.9 Å². The molecule has 1 amide bonds. The number of imidazole rings is 1. The van der Waals surface area contributed by atoms with Crippen LogP contribution < -0.4 is 20.7 Å². The minimum Gasteiger partial charge on any atom is -0.495 e. The third-order valence-corrected chi connectivity index (χ3v) is 6.23. The molecule has 192 valence electrons. The van der Waals surface area contributed by atoms with Crippen molar-refractivity contribution < 1.29 is 14.6 Å². The van der Waals surface area contributed by atoms with Gasteiger partial charge in [0.05, 0.1) is 36.0 Å². The molecule has 0 bridgehead atoms. The topological polar surface area (TPSA) is 113 Å². The van der Waals surface area contributed by atoms with Crippen LogP contribution in [0.1, 0.15) is 42.6 Å². The molecule has 2 aromatic heterocycles. The number of ether oxygens (including phenoxy) is 1. The molecule has 5 rings (SSSR count). The van der Waals surface area contributed by atoms with E-state index in [0.29, 0.717) is 35.4 Å². The van der Waals surface area contributed by atoms with Crippen LogP contribution in [-0.2, 0) is 0 Å². The standard InChI is InChI=1S/C28H32N6O3/c1-17-13-18(9-12-20(17)27(35)31-19-10-11-19)23-15-29-26-22(30-16-28(2,3)36)14-25(33-34(23)26)32-21-7-5-6-8-24(21)37-4/h5-9,12-15,19,30,36H,10-11,16H2,1-4H3,(H,31,35)(H,32,33). The van der Waals surface area contributed by atoms with E-state index in [1.54, 1.807) is 31.7 Å². The summed E-state index contributed by atoms with van der Waals surface area (Å²) < 4.78 is 7.25. The molecule has 1 aliphatic rings. The first-order valence-electron chi connectivity index (χ1n) is 12.4. The molecule has 0 spiro atoms. The number of carbonyl (C=O) groups excluding carboxylic acids is 1. The quantitative estimate of drug-likeness (QED) is 0.267. The second kappa shape index (κ2) is 9.74. The number of anilines is 3. The zero-order chi connectivity index (χ0) is 26.2. The maximum atomic E-state index is 12.6. The number of benzene rings is 2. The Hall–Kier alpha value is -4.11. The highest BCUT2D eigenvalue weighted by Crippen LogP contribution is 2.31. The van der Waals surface area contributed by atoms with E-state index >= 15 is 0 Å². The zero-order valence-corrected chi connectivity index (χ0v) is 21.5. The van der Waals surface area contributed by atoms with Crippen molar-refractivity contribution in [2.45, 2.75) is 45.3 Å². The summed E-state index contributed by atoms with van der Waals surface area (Å²) in [6, 6.07) is 15.5. The van der Waals surface area contributed by atoms with Crippen LogP contribution >= 0.6 is 0 Å². The number of para-hydroxylation sites is 2. The highest BCUT2D eigenvalue weighted by molar-refractivity contribution is 5.96. The van der Waals surface area contributed by atoms with Gasteiger partial charge in [0, 0.05) is 29.8 Å². The first-order valence-corrected chi connectivity index (χ1v) is 12.4. The van der Waals surface area contributed by atoms with E-state index in [1.165, 1.54) is 0 Å². The lowest BCUT2D eigenvalue weighted by Gasteiger charge is -2.19. The number of rotatable bonds is 9. The Bertz CT molecular complexity index is 1450. The van der Waals surface area contributed by atoms with Gasteiger partial charge in [0.1, 0.15) is 5.75 Å². The molecule has 37 heavy (non-hydrogen) atoms. The molecule has 4 N–H and O–H groups in total. The van der Waals surface area contributed by atoms with Gasteiger partial charge < -0.3 is 25.8 Å². The van der Waals surface area contributed by atoms with Crippen LogP contribution in [-0.4, -0.2) is 50.9 Å². The summed E-state index contributed by atoms with van der Waals surface area (Å²) in [5.41, 5.74) is 4.42. The summed E-state index contributed by atoms with van der Waals surface area (Å²) in [5.74, 6) is 1.23. The van der Waals surface area contributed by atoms with Crippen LogP contribution in [0.4, 0.5) is 17.2 Å². The maximum absolute atomic E-state index is 12.6. The number of nitrogens with zero attached hydrogens (tertiary/aromatic N) is 3. The van der Waals surface area contributed by atoms with Gasteiger partial charge in [-0.1, -0.05) is 18.2 Å². The van der Waals surface area contributed by atoms with E-state index < -0.39 is 5.60 Å². The second-order valence-corrected chi connectivity index (χ2v) is 10.1. The van der Waals surface area contributed by atoms with E-state index in [0.717, 1.165) is 41.0 Å². The van der Waals surface area contributed by atoms with Crippen LogP contribution in [0.2, 0.25) is 0 Å². The molecule has 2 heterocycles. The lowest BCUT2D eigenvalue weighted by molar-refractivity contribution is 0.0940. The fourth-order valence-electron chi connectivity index (χ4n) is 4.12. The summed E-state index contributed by atoms with van der Waals surface area (Å²) in [4.78, 5) is 17.2. The molecule has 0 radical (unpaired) electrons. The molecule has 9 heteroatoms. The summed E-state index contributed by atoms with van der Waals surface area (Å²) in [5, 5.41) is 24.8. The number of amides is 1. The SMILES string of the molecule is COc1ccccc1Nc1cc(NCC(C)(C)O)c2ncc(-c3ccc(C(=O)NC4CC4)c(C)c3)n2n1. The number of fused-ring (bicyclic) bond motifs is 1. The van der Waals surface area contributed by atoms with Gasteiger partial charge in [-0.3, -0.25) is 4.79 Å². The van der Waals surface area contributed by atoms with Gasteiger partial charge in [0.15, 0.2) is 11.5 Å². The van der Waals surface area contributed by atoms with Gasteiger partial charge in [-0.15, -0.1) is 5.10 Å². The summed E-state index contributed by atoms with van der Waals surface area (Å²) in [6.07, 6.45) is 3.86. The number of hydrogen-bond donors (Lipinski definition) is 4. The van der Waals surface area contributed by atoms with Gasteiger partial charge in [0.25, 0.3) is 5.91 Å². The average Bonchev–Trinajstić information content (AvgIpc) is 3.57. The normalized spacial score (nSPS) is 13.4. The molecule has 9 nitrogen and oxygen atoms in total. The fourth-order valence-corrected chi connectivity index (χ4v) is 4.12. The number of nitrogens with one attached hydrogen (secondary N) is 3. The highest BCUT2D eigenvalue weighted by atomic mass is 16.5. The average molecular weight is 501 g/mol. The van der Waals surface area contributed by atoms with Gasteiger partial charge in [0.2, 0.25) is 0 Å². The molecule has 1 fully saturated rings. The molecule has 1 saturated carbocycles. The summed E-state index contributed by atoms with van der Waals surface area (Å²) >= 11 is 0. The molecule has 2 aromatic carbocycles. The Morgan fingerprint density at radius 3 is 2.65 bits per heavy atom. The van der Waals surface area contributed by atoms with E-state index in [1.807, 2.05) is 55.5 Å². The summed E-state index contributed by atoms with van der Waals surface area (Å²) in [7, 11) is 1.62. The summed E-state index contributed by atoms with van der Waals surface area (Å²) in [6.45, 7) is 5.75. The molecular weight excluding hydrogens is 468 g/mol. The molecule has 0 unspecified atom stereocenters. The molecule has 1 aliphatic carbocycles. The minimum absolute atomic E-state index is 0.0378. The fraction of sp³-hybridized carbons (Fsp3) is 0.321. The number of hydrogen-bond acceptors (Lipinski definition) is 7.